The van der Waals surface area contributed by atoms with Crippen LogP contribution in [0.4, 0.5) is 10.2 Å². The Balaban J connectivity index is 1.41. The third kappa shape index (κ3) is 4.14. The molecule has 10 heteroatoms. The van der Waals surface area contributed by atoms with Crippen molar-refractivity contribution in [2.24, 2.45) is 5.73 Å². The third-order valence-electron chi connectivity index (χ3n) is 5.17. The first-order valence-corrected chi connectivity index (χ1v) is 10.5. The van der Waals surface area contributed by atoms with Crippen LogP contribution in [0.2, 0.25) is 0 Å². The van der Waals surface area contributed by atoms with Crippen molar-refractivity contribution >= 4 is 23.1 Å². The molecule has 3 heterocycles. The zero-order valence-electron chi connectivity index (χ0n) is 16.2. The molecule has 1 aliphatic carbocycles. The second kappa shape index (κ2) is 8.80. The SMILES string of the molecule is NCCNC(=O)c1nc(-c2ccc(NCC3(c4ncccc4F)CCC3)nn2)[c]s1. The van der Waals surface area contributed by atoms with E-state index in [0.29, 0.717) is 47.5 Å². The molecule has 4 N–H and O–H groups in total. The summed E-state index contributed by atoms with van der Waals surface area (Å²) in [5, 5.41) is 17.6. The first-order valence-electron chi connectivity index (χ1n) is 9.67. The number of nitrogens with one attached hydrogen (secondary N) is 2. The van der Waals surface area contributed by atoms with E-state index in [2.05, 4.69) is 36.2 Å². The summed E-state index contributed by atoms with van der Waals surface area (Å²) in [6.45, 7) is 1.28. The molecular weight excluding hydrogens is 405 g/mol. The highest BCUT2D eigenvalue weighted by Crippen LogP contribution is 2.43. The van der Waals surface area contributed by atoms with Gasteiger partial charge in [-0.05, 0) is 37.1 Å². The Bertz CT molecular complexity index is 1020. The van der Waals surface area contributed by atoms with Crippen LogP contribution in [-0.2, 0) is 5.41 Å². The van der Waals surface area contributed by atoms with Crippen LogP contribution >= 0.6 is 11.3 Å². The number of thiazole rings is 1. The summed E-state index contributed by atoms with van der Waals surface area (Å²) in [5.41, 5.74) is 6.55. The number of carbonyl (C=O) groups is 1. The molecular formula is C20H21FN7OS. The third-order valence-corrected chi connectivity index (χ3v) is 5.93. The Morgan fingerprint density at radius 3 is 2.83 bits per heavy atom. The molecule has 0 aliphatic heterocycles. The molecule has 3 aromatic rings. The van der Waals surface area contributed by atoms with Crippen LogP contribution in [-0.4, -0.2) is 45.7 Å². The highest BCUT2D eigenvalue weighted by molar-refractivity contribution is 7.11. The number of carbonyl (C=O) groups excluding carboxylic acids is 1. The van der Waals surface area contributed by atoms with Crippen molar-refractivity contribution in [1.29, 1.82) is 0 Å². The van der Waals surface area contributed by atoms with Crippen molar-refractivity contribution < 1.29 is 9.18 Å². The molecule has 0 bridgehead atoms. The second-order valence-electron chi connectivity index (χ2n) is 7.14. The molecule has 0 saturated heterocycles. The number of rotatable bonds is 8. The standard InChI is InChI=1S/C20H21FN7OS/c21-13-3-1-9-23-17(13)20(6-2-7-20)12-25-16-5-4-14(27-28-16)15-11-30-19(26-15)18(29)24-10-8-22/h1,3-5,9H,2,6-8,10,12,22H2,(H,24,29)(H,25,28). The van der Waals surface area contributed by atoms with Crippen LogP contribution in [0.1, 0.15) is 34.8 Å². The molecule has 1 aliphatic rings. The summed E-state index contributed by atoms with van der Waals surface area (Å²) < 4.78 is 14.2. The summed E-state index contributed by atoms with van der Waals surface area (Å²) in [6.07, 6.45) is 4.43. The van der Waals surface area contributed by atoms with E-state index in [1.165, 1.54) is 6.07 Å². The normalized spacial score (nSPS) is 14.7. The van der Waals surface area contributed by atoms with E-state index >= 15 is 0 Å². The van der Waals surface area contributed by atoms with Crippen molar-refractivity contribution in [3.8, 4) is 11.4 Å². The number of halogens is 1. The average Bonchev–Trinajstić information content (AvgIpc) is 3.23. The maximum atomic E-state index is 14.2. The van der Waals surface area contributed by atoms with Crippen molar-refractivity contribution in [2.45, 2.75) is 24.7 Å². The minimum Gasteiger partial charge on any atom is -0.368 e. The number of nitrogens with two attached hydrogens (primary N) is 1. The van der Waals surface area contributed by atoms with E-state index < -0.39 is 0 Å². The van der Waals surface area contributed by atoms with Crippen molar-refractivity contribution in [3.63, 3.8) is 0 Å². The number of hydrogen-bond acceptors (Lipinski definition) is 8. The molecule has 30 heavy (non-hydrogen) atoms. The van der Waals surface area contributed by atoms with Crippen LogP contribution in [0.15, 0.2) is 30.5 Å². The topological polar surface area (TPSA) is 119 Å². The second-order valence-corrected chi connectivity index (χ2v) is 7.93. The van der Waals surface area contributed by atoms with Gasteiger partial charge >= 0.3 is 0 Å². The van der Waals surface area contributed by atoms with E-state index in [-0.39, 0.29) is 17.1 Å². The summed E-state index contributed by atoms with van der Waals surface area (Å²) in [4.78, 5) is 20.5. The molecule has 8 nitrogen and oxygen atoms in total. The van der Waals surface area contributed by atoms with Crippen molar-refractivity contribution in [2.75, 3.05) is 25.0 Å². The Kier molecular flexibility index (Phi) is 5.96. The van der Waals surface area contributed by atoms with Gasteiger partial charge in [-0.15, -0.1) is 21.5 Å². The van der Waals surface area contributed by atoms with Gasteiger partial charge in [0.25, 0.3) is 5.91 Å². The number of amides is 1. The molecule has 1 amide bonds. The van der Waals surface area contributed by atoms with Crippen LogP contribution < -0.4 is 16.4 Å². The fraction of sp³-hybridized carbons (Fsp3) is 0.350. The van der Waals surface area contributed by atoms with Gasteiger partial charge in [-0.1, -0.05) is 6.42 Å². The summed E-state index contributed by atoms with van der Waals surface area (Å²) in [7, 11) is 0. The Morgan fingerprint density at radius 2 is 2.17 bits per heavy atom. The van der Waals surface area contributed by atoms with Gasteiger partial charge in [0.15, 0.2) is 5.01 Å². The zero-order valence-corrected chi connectivity index (χ0v) is 17.0. The van der Waals surface area contributed by atoms with Gasteiger partial charge in [0.1, 0.15) is 23.0 Å². The van der Waals surface area contributed by atoms with Crippen LogP contribution in [0.5, 0.6) is 0 Å². The molecule has 0 aromatic carbocycles. The maximum Gasteiger partial charge on any atom is 0.280 e. The van der Waals surface area contributed by atoms with Crippen LogP contribution in [0, 0.1) is 11.2 Å². The highest BCUT2D eigenvalue weighted by atomic mass is 32.1. The Labute approximate surface area is 177 Å². The van der Waals surface area contributed by atoms with E-state index in [1.54, 1.807) is 24.4 Å². The highest BCUT2D eigenvalue weighted by Gasteiger charge is 2.41. The minimum atomic E-state index is -0.319. The summed E-state index contributed by atoms with van der Waals surface area (Å²) in [6, 6.07) is 6.60. The van der Waals surface area contributed by atoms with Gasteiger partial charge in [-0.3, -0.25) is 9.78 Å². The molecule has 155 valence electrons. The Hall–Kier alpha value is -2.98. The molecule has 0 unspecified atom stereocenters. The largest absolute Gasteiger partial charge is 0.368 e. The van der Waals surface area contributed by atoms with E-state index in [0.717, 1.165) is 30.6 Å². The first kappa shape index (κ1) is 20.3. The predicted molar refractivity (Wildman–Crippen MR) is 112 cm³/mol. The van der Waals surface area contributed by atoms with E-state index in [4.69, 9.17) is 5.73 Å². The van der Waals surface area contributed by atoms with Gasteiger partial charge in [0.2, 0.25) is 0 Å². The summed E-state index contributed by atoms with van der Waals surface area (Å²) >= 11 is 1.12. The lowest BCUT2D eigenvalue weighted by molar-refractivity contribution is 0.0954. The van der Waals surface area contributed by atoms with Gasteiger partial charge < -0.3 is 16.4 Å². The van der Waals surface area contributed by atoms with Gasteiger partial charge in [0, 0.05) is 31.2 Å². The molecule has 4 rings (SSSR count). The lowest BCUT2D eigenvalue weighted by Gasteiger charge is -2.41. The van der Waals surface area contributed by atoms with Crippen molar-refractivity contribution in [3.05, 3.63) is 52.4 Å². The molecule has 1 saturated carbocycles. The zero-order chi connectivity index (χ0) is 21.0. The van der Waals surface area contributed by atoms with Crippen molar-refractivity contribution in [1.82, 2.24) is 25.5 Å². The first-order chi connectivity index (χ1) is 14.6. The number of hydrogen-bond donors (Lipinski definition) is 3. The number of nitrogens with zero attached hydrogens (tertiary/aromatic N) is 4. The number of pyridine rings is 1. The molecule has 3 aromatic heterocycles. The maximum absolute atomic E-state index is 14.2. The number of aromatic nitrogens is 4. The van der Waals surface area contributed by atoms with Gasteiger partial charge in [0.05, 0.1) is 11.1 Å². The monoisotopic (exact) mass is 426 g/mol. The van der Waals surface area contributed by atoms with Crippen LogP contribution in [0.3, 0.4) is 0 Å². The minimum absolute atomic E-state index is 0.272. The Morgan fingerprint density at radius 1 is 1.30 bits per heavy atom. The lowest BCUT2D eigenvalue weighted by atomic mass is 9.66. The fourth-order valence-electron chi connectivity index (χ4n) is 3.40. The van der Waals surface area contributed by atoms with Gasteiger partial charge in [-0.2, -0.15) is 0 Å². The predicted octanol–water partition coefficient (Wildman–Crippen LogP) is 2.16. The van der Waals surface area contributed by atoms with E-state index in [9.17, 15) is 9.18 Å². The quantitative estimate of drug-likeness (QED) is 0.505. The van der Waals surface area contributed by atoms with Gasteiger partial charge in [-0.25, -0.2) is 9.37 Å². The van der Waals surface area contributed by atoms with E-state index in [1.807, 2.05) is 0 Å². The van der Waals surface area contributed by atoms with Crippen LogP contribution in [0.25, 0.3) is 11.4 Å². The number of anilines is 1. The lowest BCUT2D eigenvalue weighted by Crippen LogP contribution is -2.42. The average molecular weight is 427 g/mol. The molecule has 1 fully saturated rings. The fourth-order valence-corrected chi connectivity index (χ4v) is 4.05. The molecule has 1 radical (unpaired) electrons. The summed E-state index contributed by atoms with van der Waals surface area (Å²) in [5.74, 6) is 0.0232. The molecule has 0 spiro atoms. The molecule has 0 atom stereocenters. The smallest absolute Gasteiger partial charge is 0.280 e.